The van der Waals surface area contributed by atoms with Crippen LogP contribution in [0.2, 0.25) is 0 Å². The van der Waals surface area contributed by atoms with Crippen molar-refractivity contribution >= 4 is 0 Å². The summed E-state index contributed by atoms with van der Waals surface area (Å²) in [6, 6.07) is 4.04. The van der Waals surface area contributed by atoms with Gasteiger partial charge in [-0.3, -0.25) is 0 Å². The molecular weight excluding hydrogens is 182 g/mol. The Morgan fingerprint density at radius 1 is 1.07 bits per heavy atom. The monoisotopic (exact) mass is 198 g/mol. The summed E-state index contributed by atoms with van der Waals surface area (Å²) in [5, 5.41) is 0. The van der Waals surface area contributed by atoms with Gasteiger partial charge in [-0.15, -0.1) is 0 Å². The molecule has 0 unspecified atom stereocenters. The van der Waals surface area contributed by atoms with Crippen LogP contribution in [-0.2, 0) is 6.42 Å². The van der Waals surface area contributed by atoms with Gasteiger partial charge in [-0.25, -0.2) is 8.78 Å². The molecule has 14 heavy (non-hydrogen) atoms. The zero-order chi connectivity index (χ0) is 10.6. The number of rotatable bonds is 4. The van der Waals surface area contributed by atoms with Gasteiger partial charge in [-0.1, -0.05) is 32.8 Å². The summed E-state index contributed by atoms with van der Waals surface area (Å²) in [5.41, 5.74) is 0.237. The van der Waals surface area contributed by atoms with E-state index in [1.54, 1.807) is 0 Å². The molecule has 0 heterocycles. The maximum absolute atomic E-state index is 13.2. The Balaban J connectivity index is 2.84. The summed E-state index contributed by atoms with van der Waals surface area (Å²) in [6.45, 7) is 4.10. The van der Waals surface area contributed by atoms with Gasteiger partial charge in [-0.2, -0.15) is 0 Å². The number of benzene rings is 1. The lowest BCUT2D eigenvalue weighted by atomic mass is 9.94. The van der Waals surface area contributed by atoms with Gasteiger partial charge in [0.15, 0.2) is 0 Å². The molecule has 0 aromatic heterocycles. The second-order valence-corrected chi connectivity index (χ2v) is 3.59. The molecule has 1 aromatic carbocycles. The Bertz CT molecular complexity index is 270. The standard InChI is InChI=1S/C12H16F2/c1-3-9(4-2)8-10-11(13)6-5-7-12(10)14/h5-7,9H,3-4,8H2,1-2H3. The smallest absolute Gasteiger partial charge is 0.129 e. The van der Waals surface area contributed by atoms with Crippen molar-refractivity contribution in [2.45, 2.75) is 33.1 Å². The highest BCUT2D eigenvalue weighted by Crippen LogP contribution is 2.20. The van der Waals surface area contributed by atoms with Crippen LogP contribution >= 0.6 is 0 Å². The van der Waals surface area contributed by atoms with Crippen LogP contribution in [0.5, 0.6) is 0 Å². The minimum atomic E-state index is -0.420. The molecule has 78 valence electrons. The summed E-state index contributed by atoms with van der Waals surface area (Å²) >= 11 is 0. The molecule has 0 aliphatic carbocycles. The van der Waals surface area contributed by atoms with Crippen LogP contribution < -0.4 is 0 Å². The van der Waals surface area contributed by atoms with Gasteiger partial charge < -0.3 is 0 Å². The second-order valence-electron chi connectivity index (χ2n) is 3.59. The largest absolute Gasteiger partial charge is 0.207 e. The van der Waals surface area contributed by atoms with Crippen LogP contribution in [0.4, 0.5) is 8.78 Å². The summed E-state index contributed by atoms with van der Waals surface area (Å²) in [7, 11) is 0. The quantitative estimate of drug-likeness (QED) is 0.687. The van der Waals surface area contributed by atoms with Gasteiger partial charge in [-0.05, 0) is 24.5 Å². The van der Waals surface area contributed by atoms with Gasteiger partial charge in [0, 0.05) is 5.56 Å². The fraction of sp³-hybridized carbons (Fsp3) is 0.500. The molecule has 0 aliphatic rings. The number of halogens is 2. The van der Waals surface area contributed by atoms with Crippen molar-refractivity contribution in [1.82, 2.24) is 0 Å². The van der Waals surface area contributed by atoms with E-state index in [0.717, 1.165) is 12.8 Å². The number of hydrogen-bond acceptors (Lipinski definition) is 0. The molecule has 0 aliphatic heterocycles. The van der Waals surface area contributed by atoms with E-state index in [1.807, 2.05) is 13.8 Å². The second kappa shape index (κ2) is 5.08. The highest BCUT2D eigenvalue weighted by Gasteiger charge is 2.12. The van der Waals surface area contributed by atoms with E-state index in [2.05, 4.69) is 0 Å². The van der Waals surface area contributed by atoms with Gasteiger partial charge in [0.25, 0.3) is 0 Å². The van der Waals surface area contributed by atoms with Gasteiger partial charge in [0.2, 0.25) is 0 Å². The molecule has 1 aromatic rings. The SMILES string of the molecule is CCC(CC)Cc1c(F)cccc1F. The number of hydrogen-bond donors (Lipinski definition) is 0. The predicted octanol–water partition coefficient (Wildman–Crippen LogP) is 3.94. The first-order valence-electron chi connectivity index (χ1n) is 5.11. The molecule has 0 spiro atoms. The zero-order valence-electron chi connectivity index (χ0n) is 8.69. The van der Waals surface area contributed by atoms with Gasteiger partial charge >= 0.3 is 0 Å². The molecule has 0 saturated heterocycles. The maximum atomic E-state index is 13.2. The van der Waals surface area contributed by atoms with Crippen LogP contribution in [0.15, 0.2) is 18.2 Å². The van der Waals surface area contributed by atoms with Crippen molar-refractivity contribution in [2.75, 3.05) is 0 Å². The molecule has 0 amide bonds. The van der Waals surface area contributed by atoms with Crippen LogP contribution in [-0.4, -0.2) is 0 Å². The minimum absolute atomic E-state index is 0.237. The molecule has 0 atom stereocenters. The highest BCUT2D eigenvalue weighted by atomic mass is 19.1. The zero-order valence-corrected chi connectivity index (χ0v) is 8.69. The molecule has 0 radical (unpaired) electrons. The topological polar surface area (TPSA) is 0 Å². The van der Waals surface area contributed by atoms with Crippen molar-refractivity contribution in [3.63, 3.8) is 0 Å². The fourth-order valence-electron chi connectivity index (χ4n) is 1.59. The predicted molar refractivity (Wildman–Crippen MR) is 54.1 cm³/mol. The van der Waals surface area contributed by atoms with Crippen LogP contribution in [0.3, 0.4) is 0 Å². The molecular formula is C12H16F2. The molecule has 0 bridgehead atoms. The Kier molecular flexibility index (Phi) is 4.05. The third-order valence-electron chi connectivity index (χ3n) is 2.71. The third-order valence-corrected chi connectivity index (χ3v) is 2.71. The Morgan fingerprint density at radius 2 is 1.57 bits per heavy atom. The normalized spacial score (nSPS) is 10.9. The molecule has 1 rings (SSSR count). The third kappa shape index (κ3) is 2.53. The van der Waals surface area contributed by atoms with E-state index >= 15 is 0 Å². The minimum Gasteiger partial charge on any atom is -0.207 e. The van der Waals surface area contributed by atoms with Crippen LogP contribution in [0, 0.1) is 17.6 Å². The molecule has 0 fully saturated rings. The Morgan fingerprint density at radius 3 is 2.00 bits per heavy atom. The van der Waals surface area contributed by atoms with Crippen molar-refractivity contribution < 1.29 is 8.78 Å². The van der Waals surface area contributed by atoms with E-state index in [4.69, 9.17) is 0 Å². The summed E-state index contributed by atoms with van der Waals surface area (Å²) < 4.78 is 26.5. The van der Waals surface area contributed by atoms with E-state index < -0.39 is 11.6 Å². The van der Waals surface area contributed by atoms with Crippen molar-refractivity contribution in [3.05, 3.63) is 35.4 Å². The van der Waals surface area contributed by atoms with Crippen molar-refractivity contribution in [1.29, 1.82) is 0 Å². The lowest BCUT2D eigenvalue weighted by molar-refractivity contribution is 0.458. The van der Waals surface area contributed by atoms with E-state index in [1.165, 1.54) is 18.2 Å². The first-order valence-corrected chi connectivity index (χ1v) is 5.11. The van der Waals surface area contributed by atoms with Crippen molar-refractivity contribution in [2.24, 2.45) is 5.92 Å². The Hall–Kier alpha value is -0.920. The first kappa shape index (κ1) is 11.2. The Labute approximate surface area is 84.0 Å². The highest BCUT2D eigenvalue weighted by molar-refractivity contribution is 5.20. The van der Waals surface area contributed by atoms with E-state index in [9.17, 15) is 8.78 Å². The summed E-state index contributed by atoms with van der Waals surface area (Å²) in [4.78, 5) is 0. The maximum Gasteiger partial charge on any atom is 0.129 e. The lowest BCUT2D eigenvalue weighted by Crippen LogP contribution is -2.05. The van der Waals surface area contributed by atoms with E-state index in [0.29, 0.717) is 12.3 Å². The average Bonchev–Trinajstić information content (AvgIpc) is 2.18. The lowest BCUT2D eigenvalue weighted by Gasteiger charge is -2.13. The van der Waals surface area contributed by atoms with Gasteiger partial charge in [0.1, 0.15) is 11.6 Å². The summed E-state index contributed by atoms with van der Waals surface area (Å²) in [6.07, 6.45) is 2.43. The molecule has 2 heteroatoms. The van der Waals surface area contributed by atoms with Crippen LogP contribution in [0.1, 0.15) is 32.3 Å². The average molecular weight is 198 g/mol. The van der Waals surface area contributed by atoms with Gasteiger partial charge in [0.05, 0.1) is 0 Å². The molecule has 0 saturated carbocycles. The van der Waals surface area contributed by atoms with Crippen LogP contribution in [0.25, 0.3) is 0 Å². The van der Waals surface area contributed by atoms with E-state index in [-0.39, 0.29) is 5.56 Å². The summed E-state index contributed by atoms with van der Waals surface area (Å²) in [5.74, 6) is -0.463. The van der Waals surface area contributed by atoms with Crippen molar-refractivity contribution in [3.8, 4) is 0 Å². The first-order chi connectivity index (χ1) is 6.69. The molecule has 0 nitrogen and oxygen atoms in total. The fourth-order valence-corrected chi connectivity index (χ4v) is 1.59. The molecule has 0 N–H and O–H groups in total.